The fourth-order valence-corrected chi connectivity index (χ4v) is 11.5. The van der Waals surface area contributed by atoms with Crippen molar-refractivity contribution in [2.45, 2.75) is 5.41 Å². The van der Waals surface area contributed by atoms with Crippen molar-refractivity contribution in [1.82, 2.24) is 19.5 Å². The highest BCUT2D eigenvalue weighted by atomic mass is 15.0. The summed E-state index contributed by atoms with van der Waals surface area (Å²) in [6.07, 6.45) is 0. The Labute approximate surface area is 405 Å². The molecule has 326 valence electrons. The van der Waals surface area contributed by atoms with Crippen molar-refractivity contribution in [3.8, 4) is 62.1 Å². The lowest BCUT2D eigenvalue weighted by Crippen LogP contribution is -2.28. The van der Waals surface area contributed by atoms with E-state index in [9.17, 15) is 0 Å². The highest BCUT2D eigenvalue weighted by Crippen LogP contribution is 2.58. The monoisotopic (exact) mass is 890 g/mol. The van der Waals surface area contributed by atoms with Crippen LogP contribution in [-0.4, -0.2) is 19.5 Å². The lowest BCUT2D eigenvalue weighted by Gasteiger charge is -2.33. The number of rotatable bonds is 7. The molecule has 0 fully saturated rings. The molecule has 0 unspecified atom stereocenters. The highest BCUT2D eigenvalue weighted by Gasteiger charge is 2.47. The summed E-state index contributed by atoms with van der Waals surface area (Å²) in [5.41, 5.74) is 15.2. The van der Waals surface area contributed by atoms with Crippen LogP contribution in [0.2, 0.25) is 0 Å². The first kappa shape index (κ1) is 39.9. The van der Waals surface area contributed by atoms with Crippen molar-refractivity contribution in [3.05, 3.63) is 277 Å². The van der Waals surface area contributed by atoms with Crippen LogP contribution in [0.25, 0.3) is 105 Å². The fraction of sp³-hybridized carbons (Fsp3) is 0.0152. The first-order valence-corrected chi connectivity index (χ1v) is 23.9. The Hall–Kier alpha value is -9.25. The van der Waals surface area contributed by atoms with Gasteiger partial charge in [0.05, 0.1) is 16.4 Å². The summed E-state index contributed by atoms with van der Waals surface area (Å²) in [6.45, 7) is 0. The first-order chi connectivity index (χ1) is 34.7. The molecule has 4 heteroatoms. The molecule has 0 bridgehead atoms. The number of hydrogen-bond donors (Lipinski definition) is 0. The summed E-state index contributed by atoms with van der Waals surface area (Å²) >= 11 is 0. The van der Waals surface area contributed by atoms with Gasteiger partial charge < -0.3 is 4.57 Å². The van der Waals surface area contributed by atoms with E-state index in [1.54, 1.807) is 0 Å². The SMILES string of the molecule is c1ccc(-c2cc3ccccc3c3cc(-c4nc(-c5ccc6c(c5)c5ccccc5n6-c5ccccc5)nc(-c5cccc6c5-c5ccccc5C6(c5ccccc5)c5ccccc5)n4)ccc23)cc1. The molecule has 13 aromatic rings. The largest absolute Gasteiger partial charge is 0.309 e. The minimum absolute atomic E-state index is 0.572. The van der Waals surface area contributed by atoms with Crippen molar-refractivity contribution in [2.75, 3.05) is 0 Å². The molecule has 0 aliphatic heterocycles. The van der Waals surface area contributed by atoms with Gasteiger partial charge >= 0.3 is 0 Å². The summed E-state index contributed by atoms with van der Waals surface area (Å²) < 4.78 is 2.35. The van der Waals surface area contributed by atoms with Crippen LogP contribution in [0.5, 0.6) is 0 Å². The molecule has 4 nitrogen and oxygen atoms in total. The van der Waals surface area contributed by atoms with Crippen LogP contribution in [0.1, 0.15) is 22.3 Å². The number of fused-ring (bicyclic) bond motifs is 9. The van der Waals surface area contributed by atoms with E-state index < -0.39 is 5.41 Å². The zero-order valence-electron chi connectivity index (χ0n) is 38.0. The molecular weight excluding hydrogens is 849 g/mol. The Kier molecular flexibility index (Phi) is 9.08. The normalized spacial score (nSPS) is 12.7. The van der Waals surface area contributed by atoms with E-state index in [-0.39, 0.29) is 0 Å². The third-order valence-electron chi connectivity index (χ3n) is 14.5. The summed E-state index contributed by atoms with van der Waals surface area (Å²) in [4.78, 5) is 16.5. The lowest BCUT2D eigenvalue weighted by molar-refractivity contribution is 0.768. The molecule has 11 aromatic carbocycles. The van der Waals surface area contributed by atoms with Crippen LogP contribution in [0.15, 0.2) is 255 Å². The molecule has 0 radical (unpaired) electrons. The molecule has 2 aromatic heterocycles. The quantitative estimate of drug-likeness (QED) is 0.150. The third kappa shape index (κ3) is 6.06. The number of benzene rings is 11. The van der Waals surface area contributed by atoms with Gasteiger partial charge in [-0.1, -0.05) is 206 Å². The minimum Gasteiger partial charge on any atom is -0.309 e. The maximum Gasteiger partial charge on any atom is 0.164 e. The molecule has 0 N–H and O–H groups in total. The van der Waals surface area contributed by atoms with Crippen molar-refractivity contribution < 1.29 is 0 Å². The van der Waals surface area contributed by atoms with Crippen LogP contribution >= 0.6 is 0 Å². The summed E-state index contributed by atoms with van der Waals surface area (Å²) in [5.74, 6) is 1.85. The van der Waals surface area contributed by atoms with Gasteiger partial charge in [-0.05, 0) is 115 Å². The van der Waals surface area contributed by atoms with Crippen LogP contribution in [0.3, 0.4) is 0 Å². The fourth-order valence-electron chi connectivity index (χ4n) is 11.5. The van der Waals surface area contributed by atoms with Crippen molar-refractivity contribution in [2.24, 2.45) is 0 Å². The van der Waals surface area contributed by atoms with E-state index in [1.807, 2.05) is 0 Å². The second-order valence-electron chi connectivity index (χ2n) is 18.3. The number of hydrogen-bond acceptors (Lipinski definition) is 3. The van der Waals surface area contributed by atoms with Gasteiger partial charge in [0.1, 0.15) is 0 Å². The Morgan fingerprint density at radius 3 is 1.59 bits per heavy atom. The van der Waals surface area contributed by atoms with Gasteiger partial charge in [0.15, 0.2) is 17.5 Å². The zero-order valence-corrected chi connectivity index (χ0v) is 38.0. The van der Waals surface area contributed by atoms with Crippen molar-refractivity contribution in [3.63, 3.8) is 0 Å². The molecule has 70 heavy (non-hydrogen) atoms. The molecule has 2 heterocycles. The molecule has 1 aliphatic carbocycles. The molecule has 1 aliphatic rings. The molecule has 0 atom stereocenters. The van der Waals surface area contributed by atoms with Crippen LogP contribution in [0.4, 0.5) is 0 Å². The average Bonchev–Trinajstić information content (AvgIpc) is 3.94. The van der Waals surface area contributed by atoms with E-state index in [1.165, 1.54) is 60.5 Å². The van der Waals surface area contributed by atoms with Crippen LogP contribution in [0, 0.1) is 0 Å². The minimum atomic E-state index is -0.572. The topological polar surface area (TPSA) is 43.6 Å². The molecule has 0 saturated carbocycles. The smallest absolute Gasteiger partial charge is 0.164 e. The standard InChI is InChI=1S/C66H42N4/c1-5-20-43(21-6-1)55-40-44-22-13-14-29-50(44)56-41-45(36-38-51(55)56)63-67-64(46-37-39-61-57(42-46)52-30-16-18-35-60(52)70(61)49-27-11-4-12-28-49)69-65(68-63)54-32-19-34-59-62(54)53-31-15-17-33-58(53)66(59,47-23-7-2-8-24-47)48-25-9-3-10-26-48/h1-42H. The van der Waals surface area contributed by atoms with E-state index in [2.05, 4.69) is 259 Å². The Bertz CT molecular complexity index is 4120. The van der Waals surface area contributed by atoms with E-state index in [4.69, 9.17) is 15.0 Å². The van der Waals surface area contributed by atoms with E-state index >= 15 is 0 Å². The third-order valence-corrected chi connectivity index (χ3v) is 14.5. The predicted molar refractivity (Wildman–Crippen MR) is 288 cm³/mol. The molecule has 0 amide bonds. The second kappa shape index (κ2) is 15.9. The van der Waals surface area contributed by atoms with Gasteiger partial charge in [-0.2, -0.15) is 0 Å². The van der Waals surface area contributed by atoms with Gasteiger partial charge in [0.2, 0.25) is 0 Å². The van der Waals surface area contributed by atoms with E-state index in [0.717, 1.165) is 49.7 Å². The highest BCUT2D eigenvalue weighted by molar-refractivity contribution is 6.15. The van der Waals surface area contributed by atoms with Gasteiger partial charge in [0, 0.05) is 33.2 Å². The van der Waals surface area contributed by atoms with Gasteiger partial charge in [-0.25, -0.2) is 15.0 Å². The van der Waals surface area contributed by atoms with Gasteiger partial charge in [-0.15, -0.1) is 0 Å². The maximum absolute atomic E-state index is 5.54. The Balaban J connectivity index is 1.04. The van der Waals surface area contributed by atoms with Gasteiger partial charge in [-0.3, -0.25) is 0 Å². The number of aromatic nitrogens is 4. The number of para-hydroxylation sites is 2. The lowest BCUT2D eigenvalue weighted by atomic mass is 9.67. The zero-order chi connectivity index (χ0) is 46.2. The number of nitrogens with zero attached hydrogens (tertiary/aromatic N) is 4. The molecule has 0 saturated heterocycles. The van der Waals surface area contributed by atoms with E-state index in [0.29, 0.717) is 17.5 Å². The average molecular weight is 891 g/mol. The van der Waals surface area contributed by atoms with Crippen LogP contribution < -0.4 is 0 Å². The predicted octanol–water partition coefficient (Wildman–Crippen LogP) is 16.3. The summed E-state index contributed by atoms with van der Waals surface area (Å²) in [6, 6.07) is 91.7. The molecule has 14 rings (SSSR count). The maximum atomic E-state index is 5.54. The first-order valence-electron chi connectivity index (χ1n) is 23.9. The molecular formula is C66H42N4. The second-order valence-corrected chi connectivity index (χ2v) is 18.3. The molecule has 0 spiro atoms. The summed E-state index contributed by atoms with van der Waals surface area (Å²) in [7, 11) is 0. The van der Waals surface area contributed by atoms with Crippen molar-refractivity contribution >= 4 is 43.4 Å². The Morgan fingerprint density at radius 2 is 0.843 bits per heavy atom. The summed E-state index contributed by atoms with van der Waals surface area (Å²) in [5, 5.41) is 7.01. The van der Waals surface area contributed by atoms with Crippen molar-refractivity contribution in [1.29, 1.82) is 0 Å². The van der Waals surface area contributed by atoms with Gasteiger partial charge in [0.25, 0.3) is 0 Å². The Morgan fingerprint density at radius 1 is 0.300 bits per heavy atom. The van der Waals surface area contributed by atoms with Crippen LogP contribution in [-0.2, 0) is 5.41 Å².